The molecule has 0 saturated heterocycles. The second kappa shape index (κ2) is 10.0. The number of fused-ring (bicyclic) bond motifs is 1. The van der Waals surface area contributed by atoms with Crippen LogP contribution in [0.5, 0.6) is 11.5 Å². The highest BCUT2D eigenvalue weighted by molar-refractivity contribution is 6.05. The van der Waals surface area contributed by atoms with Gasteiger partial charge in [-0.1, -0.05) is 0 Å². The number of aromatic nitrogens is 1. The number of hydrogen-bond donors (Lipinski definition) is 2. The molecule has 2 N–H and O–H groups in total. The first kappa shape index (κ1) is 25.5. The van der Waals surface area contributed by atoms with Gasteiger partial charge in [-0.3, -0.25) is 19.0 Å². The number of ether oxygens (including phenoxy) is 2. The Morgan fingerprint density at radius 2 is 1.77 bits per heavy atom. The third-order valence-corrected chi connectivity index (χ3v) is 5.14. The lowest BCUT2D eigenvalue weighted by atomic mass is 10.1. The summed E-state index contributed by atoms with van der Waals surface area (Å²) in [6, 6.07) is 6.61. The van der Waals surface area contributed by atoms with Crippen LogP contribution in [0.1, 0.15) is 28.0 Å². The standard InChI is InChI=1S/C23H20F4N2O6/c1-12-15(10-20(30)28-8-7-21(31)32)16-9-19(34-2)17(24)11-18(16)29(12)22(33)13-3-5-14(6-4-13)35-23(25,26)27/h3-6,9,11H,7-8,10H2,1-2H3,(H,28,30)(H,31,32). The first-order chi connectivity index (χ1) is 16.4. The molecule has 3 rings (SSSR count). The molecule has 0 spiro atoms. The van der Waals surface area contributed by atoms with E-state index in [9.17, 15) is 31.9 Å². The monoisotopic (exact) mass is 496 g/mol. The SMILES string of the molecule is COc1cc2c(CC(=O)NCCC(=O)O)c(C)n(C(=O)c3ccc(OC(F)(F)F)cc3)c2cc1F. The minimum atomic E-state index is -4.89. The number of rotatable bonds is 8. The van der Waals surface area contributed by atoms with E-state index in [1.807, 2.05) is 0 Å². The zero-order valence-corrected chi connectivity index (χ0v) is 18.5. The van der Waals surface area contributed by atoms with Gasteiger partial charge >= 0.3 is 12.3 Å². The number of aliphatic carboxylic acids is 1. The summed E-state index contributed by atoms with van der Waals surface area (Å²) in [5.41, 5.74) is 0.779. The quantitative estimate of drug-likeness (QED) is 0.460. The van der Waals surface area contributed by atoms with Crippen molar-refractivity contribution in [2.24, 2.45) is 0 Å². The average molecular weight is 496 g/mol. The van der Waals surface area contributed by atoms with Crippen LogP contribution in [0.2, 0.25) is 0 Å². The molecule has 0 unspecified atom stereocenters. The highest BCUT2D eigenvalue weighted by atomic mass is 19.4. The first-order valence-electron chi connectivity index (χ1n) is 10.2. The fraction of sp³-hybridized carbons (Fsp3) is 0.261. The van der Waals surface area contributed by atoms with E-state index in [1.54, 1.807) is 0 Å². The number of carbonyl (C=O) groups is 3. The summed E-state index contributed by atoms with van der Waals surface area (Å²) in [4.78, 5) is 36.3. The van der Waals surface area contributed by atoms with Gasteiger partial charge in [-0.15, -0.1) is 13.2 Å². The van der Waals surface area contributed by atoms with Crippen LogP contribution in [0.3, 0.4) is 0 Å². The van der Waals surface area contributed by atoms with Crippen LogP contribution in [0.4, 0.5) is 17.6 Å². The fourth-order valence-corrected chi connectivity index (χ4v) is 3.58. The molecule has 0 saturated carbocycles. The minimum Gasteiger partial charge on any atom is -0.494 e. The molecular weight excluding hydrogens is 476 g/mol. The first-order valence-corrected chi connectivity index (χ1v) is 10.2. The smallest absolute Gasteiger partial charge is 0.494 e. The zero-order chi connectivity index (χ0) is 25.9. The van der Waals surface area contributed by atoms with Crippen molar-refractivity contribution in [1.29, 1.82) is 0 Å². The van der Waals surface area contributed by atoms with Crippen molar-refractivity contribution in [3.05, 3.63) is 59.0 Å². The number of hydrogen-bond acceptors (Lipinski definition) is 5. The molecule has 8 nitrogen and oxygen atoms in total. The van der Waals surface area contributed by atoms with Crippen molar-refractivity contribution >= 4 is 28.7 Å². The van der Waals surface area contributed by atoms with Crippen LogP contribution in [-0.2, 0) is 16.0 Å². The zero-order valence-electron chi connectivity index (χ0n) is 18.5. The maximum absolute atomic E-state index is 14.5. The topological polar surface area (TPSA) is 107 Å². The maximum Gasteiger partial charge on any atom is 0.573 e. The lowest BCUT2D eigenvalue weighted by Crippen LogP contribution is -2.27. The fourth-order valence-electron chi connectivity index (χ4n) is 3.58. The van der Waals surface area contributed by atoms with Gasteiger partial charge < -0.3 is 19.9 Å². The predicted molar refractivity (Wildman–Crippen MR) is 115 cm³/mol. The average Bonchev–Trinajstić information content (AvgIpc) is 3.02. The maximum atomic E-state index is 14.5. The molecule has 0 bridgehead atoms. The van der Waals surface area contributed by atoms with E-state index in [0.717, 1.165) is 34.9 Å². The lowest BCUT2D eigenvalue weighted by molar-refractivity contribution is -0.274. The highest BCUT2D eigenvalue weighted by Gasteiger charge is 2.31. The summed E-state index contributed by atoms with van der Waals surface area (Å²) >= 11 is 0. The van der Waals surface area contributed by atoms with Crippen molar-refractivity contribution in [1.82, 2.24) is 9.88 Å². The van der Waals surface area contributed by atoms with Gasteiger partial charge in [0.2, 0.25) is 5.91 Å². The number of benzene rings is 2. The number of amides is 1. The minimum absolute atomic E-state index is 0.00629. The van der Waals surface area contributed by atoms with Crippen LogP contribution in [0.25, 0.3) is 10.9 Å². The Kier molecular flexibility index (Phi) is 7.32. The Morgan fingerprint density at radius 3 is 2.34 bits per heavy atom. The number of carbonyl (C=O) groups excluding carboxylic acids is 2. The molecule has 0 radical (unpaired) electrons. The molecule has 0 aliphatic heterocycles. The van der Waals surface area contributed by atoms with Gasteiger partial charge in [0.15, 0.2) is 11.6 Å². The van der Waals surface area contributed by atoms with E-state index >= 15 is 0 Å². The lowest BCUT2D eigenvalue weighted by Gasteiger charge is -2.11. The molecule has 2 aromatic carbocycles. The van der Waals surface area contributed by atoms with Gasteiger partial charge in [-0.25, -0.2) is 4.39 Å². The molecule has 1 amide bonds. The third-order valence-electron chi connectivity index (χ3n) is 5.14. The number of carboxylic acids is 1. The number of halogens is 4. The predicted octanol–water partition coefficient (Wildman–Crippen LogP) is 3.82. The molecular formula is C23H20F4N2O6. The van der Waals surface area contributed by atoms with Crippen molar-refractivity contribution in [3.8, 4) is 11.5 Å². The van der Waals surface area contributed by atoms with Crippen LogP contribution < -0.4 is 14.8 Å². The molecule has 0 atom stereocenters. The van der Waals surface area contributed by atoms with Crippen LogP contribution in [-0.4, -0.2) is 47.5 Å². The van der Waals surface area contributed by atoms with E-state index in [4.69, 9.17) is 9.84 Å². The molecule has 3 aromatic rings. The molecule has 35 heavy (non-hydrogen) atoms. The van der Waals surface area contributed by atoms with Crippen LogP contribution >= 0.6 is 0 Å². The Balaban J connectivity index is 2.02. The van der Waals surface area contributed by atoms with E-state index in [2.05, 4.69) is 10.1 Å². The van der Waals surface area contributed by atoms with Crippen molar-refractivity contribution in [3.63, 3.8) is 0 Å². The second-order valence-electron chi connectivity index (χ2n) is 7.45. The van der Waals surface area contributed by atoms with Gasteiger partial charge in [0.05, 0.1) is 25.5 Å². The Labute approximate surface area is 196 Å². The van der Waals surface area contributed by atoms with Crippen molar-refractivity contribution in [2.75, 3.05) is 13.7 Å². The number of nitrogens with zero attached hydrogens (tertiary/aromatic N) is 1. The number of alkyl halides is 3. The third kappa shape index (κ3) is 5.89. The van der Waals surface area contributed by atoms with Gasteiger partial charge in [0, 0.05) is 29.3 Å². The van der Waals surface area contributed by atoms with E-state index in [1.165, 1.54) is 20.1 Å². The number of nitrogens with one attached hydrogen (secondary N) is 1. The Bertz CT molecular complexity index is 1280. The Hall–Kier alpha value is -4.09. The summed E-state index contributed by atoms with van der Waals surface area (Å²) in [6.45, 7) is 1.43. The van der Waals surface area contributed by atoms with Crippen LogP contribution in [0, 0.1) is 12.7 Å². The van der Waals surface area contributed by atoms with Crippen molar-refractivity contribution in [2.45, 2.75) is 26.1 Å². The summed E-state index contributed by atoms with van der Waals surface area (Å²) in [6.07, 6.45) is -5.41. The van der Waals surface area contributed by atoms with Gasteiger partial charge in [0.25, 0.3) is 5.91 Å². The number of carboxylic acid groups (broad SMARTS) is 1. The summed E-state index contributed by atoms with van der Waals surface area (Å²) in [5, 5.41) is 11.5. The molecule has 186 valence electrons. The van der Waals surface area contributed by atoms with Crippen molar-refractivity contribution < 1.29 is 46.5 Å². The van der Waals surface area contributed by atoms with Gasteiger partial charge in [-0.2, -0.15) is 0 Å². The summed E-state index contributed by atoms with van der Waals surface area (Å²) in [7, 11) is 1.25. The molecule has 0 aliphatic carbocycles. The van der Waals surface area contributed by atoms with Gasteiger partial charge in [0.1, 0.15) is 5.75 Å². The number of methoxy groups -OCH3 is 1. The molecule has 12 heteroatoms. The van der Waals surface area contributed by atoms with Crippen LogP contribution in [0.15, 0.2) is 36.4 Å². The van der Waals surface area contributed by atoms with Gasteiger partial charge in [-0.05, 0) is 42.8 Å². The highest BCUT2D eigenvalue weighted by Crippen LogP contribution is 2.33. The molecule has 1 aromatic heterocycles. The molecule has 1 heterocycles. The molecule has 0 fully saturated rings. The normalized spacial score (nSPS) is 11.4. The summed E-state index contributed by atoms with van der Waals surface area (Å²) < 4.78 is 61.7. The largest absolute Gasteiger partial charge is 0.573 e. The van der Waals surface area contributed by atoms with E-state index in [0.29, 0.717) is 16.6 Å². The molecule has 0 aliphatic rings. The summed E-state index contributed by atoms with van der Waals surface area (Å²) in [5.74, 6) is -3.68. The van der Waals surface area contributed by atoms with E-state index in [-0.39, 0.29) is 36.2 Å². The second-order valence-corrected chi connectivity index (χ2v) is 7.45. The Morgan fingerprint density at radius 1 is 1.11 bits per heavy atom. The van der Waals surface area contributed by atoms with E-state index < -0.39 is 35.7 Å².